The van der Waals surface area contributed by atoms with Crippen LogP contribution in [0, 0.1) is 11.8 Å². The standard InChI is InChI=1S/C6H11FO2S/c1-5(6-2-3-6)4-10(7,8)9/h5-6H,2-4H2,1H3. The van der Waals surface area contributed by atoms with Crippen LogP contribution < -0.4 is 0 Å². The summed E-state index contributed by atoms with van der Waals surface area (Å²) in [6.07, 6.45) is 2.13. The van der Waals surface area contributed by atoms with Crippen LogP contribution >= 0.6 is 0 Å². The molecule has 2 nitrogen and oxygen atoms in total. The van der Waals surface area contributed by atoms with Gasteiger partial charge in [-0.05, 0) is 24.7 Å². The summed E-state index contributed by atoms with van der Waals surface area (Å²) in [6, 6.07) is 0. The highest BCUT2D eigenvalue weighted by Gasteiger charge is 2.30. The summed E-state index contributed by atoms with van der Waals surface area (Å²) in [5.74, 6) is 0.179. The van der Waals surface area contributed by atoms with Crippen molar-refractivity contribution in [3.05, 3.63) is 0 Å². The Morgan fingerprint density at radius 1 is 1.60 bits per heavy atom. The monoisotopic (exact) mass is 166 g/mol. The van der Waals surface area contributed by atoms with Crippen LogP contribution in [0.5, 0.6) is 0 Å². The molecule has 0 aromatic rings. The molecule has 0 heterocycles. The molecule has 1 saturated carbocycles. The molecule has 1 unspecified atom stereocenters. The molecule has 1 aliphatic carbocycles. The molecular weight excluding hydrogens is 155 g/mol. The average Bonchev–Trinajstić information content (AvgIpc) is 2.35. The second-order valence-electron chi connectivity index (χ2n) is 3.02. The molecule has 0 spiro atoms. The minimum Gasteiger partial charge on any atom is -0.195 e. The third-order valence-electron chi connectivity index (χ3n) is 1.89. The van der Waals surface area contributed by atoms with Crippen molar-refractivity contribution in [1.29, 1.82) is 0 Å². The molecule has 4 heteroatoms. The Bertz CT molecular complexity index is 206. The highest BCUT2D eigenvalue weighted by atomic mass is 32.3. The Labute approximate surface area is 60.6 Å². The van der Waals surface area contributed by atoms with E-state index in [4.69, 9.17) is 0 Å². The van der Waals surface area contributed by atoms with Gasteiger partial charge in [-0.1, -0.05) is 6.92 Å². The predicted octanol–water partition coefficient (Wildman–Crippen LogP) is 1.33. The molecule has 0 bridgehead atoms. The minimum atomic E-state index is -4.23. The molecule has 1 aliphatic rings. The lowest BCUT2D eigenvalue weighted by Gasteiger charge is -2.03. The maximum absolute atomic E-state index is 12.0. The van der Waals surface area contributed by atoms with Crippen LogP contribution in [0.1, 0.15) is 19.8 Å². The van der Waals surface area contributed by atoms with Gasteiger partial charge in [0, 0.05) is 0 Å². The molecular formula is C6H11FO2S. The summed E-state index contributed by atoms with van der Waals surface area (Å²) in [7, 11) is -4.23. The largest absolute Gasteiger partial charge is 0.302 e. The fourth-order valence-electron chi connectivity index (χ4n) is 1.12. The molecule has 0 aliphatic heterocycles. The van der Waals surface area contributed by atoms with Gasteiger partial charge in [-0.3, -0.25) is 0 Å². The van der Waals surface area contributed by atoms with Crippen LogP contribution in [0.3, 0.4) is 0 Å². The van der Waals surface area contributed by atoms with Crippen molar-refractivity contribution >= 4 is 10.2 Å². The first kappa shape index (κ1) is 7.98. The van der Waals surface area contributed by atoms with Crippen LogP contribution in [0.2, 0.25) is 0 Å². The van der Waals surface area contributed by atoms with Crippen LogP contribution in [0.15, 0.2) is 0 Å². The second kappa shape index (κ2) is 2.49. The normalized spacial score (nSPS) is 22.6. The summed E-state index contributed by atoms with van der Waals surface area (Å²) < 4.78 is 32.2. The van der Waals surface area contributed by atoms with Crippen molar-refractivity contribution in [3.8, 4) is 0 Å². The van der Waals surface area contributed by atoms with Gasteiger partial charge in [-0.15, -0.1) is 3.89 Å². The molecule has 0 saturated heterocycles. The molecule has 1 fully saturated rings. The van der Waals surface area contributed by atoms with Gasteiger partial charge < -0.3 is 0 Å². The number of hydrogen-bond acceptors (Lipinski definition) is 2. The average molecular weight is 166 g/mol. The lowest BCUT2D eigenvalue weighted by molar-refractivity contribution is 0.508. The zero-order chi connectivity index (χ0) is 7.78. The topological polar surface area (TPSA) is 34.1 Å². The third kappa shape index (κ3) is 2.64. The van der Waals surface area contributed by atoms with Gasteiger partial charge in [0.15, 0.2) is 0 Å². The van der Waals surface area contributed by atoms with Crippen LogP contribution in [-0.4, -0.2) is 14.2 Å². The zero-order valence-electron chi connectivity index (χ0n) is 5.88. The van der Waals surface area contributed by atoms with Gasteiger partial charge in [-0.2, -0.15) is 8.42 Å². The number of hydrogen-bond donors (Lipinski definition) is 0. The van der Waals surface area contributed by atoms with E-state index in [1.54, 1.807) is 6.92 Å². The van der Waals surface area contributed by atoms with Gasteiger partial charge >= 0.3 is 10.2 Å². The molecule has 1 rings (SSSR count). The Balaban J connectivity index is 2.37. The quantitative estimate of drug-likeness (QED) is 0.593. The zero-order valence-corrected chi connectivity index (χ0v) is 6.70. The Hall–Kier alpha value is -0.120. The second-order valence-corrected chi connectivity index (χ2v) is 4.43. The molecule has 10 heavy (non-hydrogen) atoms. The fraction of sp³-hybridized carbons (Fsp3) is 1.00. The molecule has 0 aromatic heterocycles. The van der Waals surface area contributed by atoms with Crippen LogP contribution in [0.4, 0.5) is 3.89 Å². The van der Waals surface area contributed by atoms with E-state index in [0.29, 0.717) is 5.92 Å². The smallest absolute Gasteiger partial charge is 0.195 e. The van der Waals surface area contributed by atoms with Crippen molar-refractivity contribution in [2.24, 2.45) is 11.8 Å². The first-order valence-corrected chi connectivity index (χ1v) is 4.96. The maximum Gasteiger partial charge on any atom is 0.302 e. The number of halogens is 1. The van der Waals surface area contributed by atoms with Crippen LogP contribution in [0.25, 0.3) is 0 Å². The maximum atomic E-state index is 12.0. The lowest BCUT2D eigenvalue weighted by atomic mass is 10.1. The minimum absolute atomic E-state index is 0.00926. The van der Waals surface area contributed by atoms with Crippen molar-refractivity contribution in [2.75, 3.05) is 5.75 Å². The van der Waals surface area contributed by atoms with E-state index < -0.39 is 10.2 Å². The van der Waals surface area contributed by atoms with Gasteiger partial charge in [0.25, 0.3) is 0 Å². The van der Waals surface area contributed by atoms with Crippen molar-refractivity contribution in [2.45, 2.75) is 19.8 Å². The van der Waals surface area contributed by atoms with Crippen LogP contribution in [-0.2, 0) is 10.2 Å². The van der Waals surface area contributed by atoms with E-state index in [2.05, 4.69) is 0 Å². The molecule has 0 amide bonds. The van der Waals surface area contributed by atoms with E-state index in [9.17, 15) is 12.3 Å². The van der Waals surface area contributed by atoms with Crippen molar-refractivity contribution in [1.82, 2.24) is 0 Å². The Morgan fingerprint density at radius 3 is 2.40 bits per heavy atom. The molecule has 0 aromatic carbocycles. The highest BCUT2D eigenvalue weighted by molar-refractivity contribution is 7.86. The summed E-state index contributed by atoms with van der Waals surface area (Å²) in [6.45, 7) is 1.79. The molecule has 60 valence electrons. The fourth-order valence-corrected chi connectivity index (χ4v) is 2.02. The van der Waals surface area contributed by atoms with E-state index in [0.717, 1.165) is 12.8 Å². The predicted molar refractivity (Wildman–Crippen MR) is 36.8 cm³/mol. The lowest BCUT2D eigenvalue weighted by Crippen LogP contribution is -2.10. The van der Waals surface area contributed by atoms with E-state index in [1.165, 1.54) is 0 Å². The van der Waals surface area contributed by atoms with Gasteiger partial charge in [-0.25, -0.2) is 0 Å². The molecule has 0 radical (unpaired) electrons. The molecule has 1 atom stereocenters. The van der Waals surface area contributed by atoms with Crippen molar-refractivity contribution < 1.29 is 12.3 Å². The summed E-state index contributed by atoms with van der Waals surface area (Å²) in [5.41, 5.74) is 0. The third-order valence-corrected chi connectivity index (χ3v) is 2.81. The summed E-state index contributed by atoms with van der Waals surface area (Å²) in [5, 5.41) is 0. The summed E-state index contributed by atoms with van der Waals surface area (Å²) >= 11 is 0. The SMILES string of the molecule is CC(CS(=O)(=O)F)C1CC1. The van der Waals surface area contributed by atoms with E-state index in [1.807, 2.05) is 0 Å². The van der Waals surface area contributed by atoms with E-state index in [-0.39, 0.29) is 11.7 Å². The Morgan fingerprint density at radius 2 is 2.10 bits per heavy atom. The first-order chi connectivity index (χ1) is 4.49. The molecule has 0 N–H and O–H groups in total. The summed E-state index contributed by atoms with van der Waals surface area (Å²) in [4.78, 5) is 0. The van der Waals surface area contributed by atoms with E-state index >= 15 is 0 Å². The number of rotatable bonds is 3. The van der Waals surface area contributed by atoms with Gasteiger partial charge in [0.1, 0.15) is 0 Å². The van der Waals surface area contributed by atoms with Gasteiger partial charge in [0.2, 0.25) is 0 Å². The Kier molecular flexibility index (Phi) is 1.99. The first-order valence-electron chi connectivity index (χ1n) is 3.41. The van der Waals surface area contributed by atoms with Gasteiger partial charge in [0.05, 0.1) is 5.75 Å². The van der Waals surface area contributed by atoms with Crippen molar-refractivity contribution in [3.63, 3.8) is 0 Å². The highest BCUT2D eigenvalue weighted by Crippen LogP contribution is 2.37.